The molecule has 0 atom stereocenters. The molecule has 0 radical (unpaired) electrons. The SMILES string of the molecule is COc1cc(C(F)(F)F)cc(C(=O)O)n1. The van der Waals surface area contributed by atoms with E-state index < -0.39 is 23.4 Å². The van der Waals surface area contributed by atoms with Gasteiger partial charge in [-0.1, -0.05) is 0 Å². The molecule has 82 valence electrons. The summed E-state index contributed by atoms with van der Waals surface area (Å²) >= 11 is 0. The number of pyridine rings is 1. The molecular formula is C8H6F3NO3. The predicted molar refractivity (Wildman–Crippen MR) is 42.8 cm³/mol. The maximum atomic E-state index is 12.3. The molecule has 4 nitrogen and oxygen atoms in total. The average molecular weight is 221 g/mol. The van der Waals surface area contributed by atoms with E-state index in [1.807, 2.05) is 0 Å². The third-order valence-electron chi connectivity index (χ3n) is 1.56. The van der Waals surface area contributed by atoms with Gasteiger partial charge in [0.1, 0.15) is 0 Å². The van der Waals surface area contributed by atoms with Crippen molar-refractivity contribution in [2.75, 3.05) is 7.11 Å². The molecule has 1 N–H and O–H groups in total. The Balaban J connectivity index is 3.30. The van der Waals surface area contributed by atoms with Gasteiger partial charge in [-0.25, -0.2) is 9.78 Å². The molecule has 0 aliphatic carbocycles. The van der Waals surface area contributed by atoms with Crippen molar-refractivity contribution in [3.8, 4) is 5.88 Å². The Kier molecular flexibility index (Phi) is 2.83. The summed E-state index contributed by atoms with van der Waals surface area (Å²) in [6.45, 7) is 0. The molecule has 15 heavy (non-hydrogen) atoms. The van der Waals surface area contributed by atoms with Gasteiger partial charge < -0.3 is 9.84 Å². The number of carboxylic acid groups (broad SMARTS) is 1. The molecule has 0 saturated carbocycles. The van der Waals surface area contributed by atoms with E-state index in [1.165, 1.54) is 0 Å². The van der Waals surface area contributed by atoms with Gasteiger partial charge >= 0.3 is 12.1 Å². The Hall–Kier alpha value is -1.79. The zero-order chi connectivity index (χ0) is 11.6. The lowest BCUT2D eigenvalue weighted by Crippen LogP contribution is -2.10. The summed E-state index contributed by atoms with van der Waals surface area (Å²) in [5, 5.41) is 8.51. The number of ether oxygens (including phenoxy) is 1. The molecule has 7 heteroatoms. The third kappa shape index (κ3) is 2.58. The van der Waals surface area contributed by atoms with Gasteiger partial charge in [-0.05, 0) is 6.07 Å². The van der Waals surface area contributed by atoms with Crippen LogP contribution in [0.3, 0.4) is 0 Å². The fraction of sp³-hybridized carbons (Fsp3) is 0.250. The molecule has 0 aromatic carbocycles. The van der Waals surface area contributed by atoms with Crippen molar-refractivity contribution >= 4 is 5.97 Å². The first-order valence-electron chi connectivity index (χ1n) is 3.71. The lowest BCUT2D eigenvalue weighted by Gasteiger charge is -2.08. The maximum absolute atomic E-state index is 12.3. The number of carboxylic acids is 1. The van der Waals surface area contributed by atoms with Crippen LogP contribution >= 0.6 is 0 Å². The van der Waals surface area contributed by atoms with Crippen LogP contribution in [0.5, 0.6) is 5.88 Å². The Bertz CT molecular complexity index is 389. The smallest absolute Gasteiger partial charge is 0.416 e. The first-order valence-corrected chi connectivity index (χ1v) is 3.71. The normalized spacial score (nSPS) is 11.2. The molecular weight excluding hydrogens is 215 g/mol. The van der Waals surface area contributed by atoms with Gasteiger partial charge in [0.25, 0.3) is 0 Å². The molecule has 1 heterocycles. The molecule has 0 bridgehead atoms. The van der Waals surface area contributed by atoms with Gasteiger partial charge in [-0.2, -0.15) is 13.2 Å². The average Bonchev–Trinajstić information content (AvgIpc) is 2.15. The van der Waals surface area contributed by atoms with Crippen LogP contribution in [0.25, 0.3) is 0 Å². The summed E-state index contributed by atoms with van der Waals surface area (Å²) < 4.78 is 41.3. The minimum Gasteiger partial charge on any atom is -0.481 e. The molecule has 0 aliphatic heterocycles. The monoisotopic (exact) mass is 221 g/mol. The number of nitrogens with zero attached hydrogens (tertiary/aromatic N) is 1. The number of rotatable bonds is 2. The highest BCUT2D eigenvalue weighted by atomic mass is 19.4. The second kappa shape index (κ2) is 3.76. The van der Waals surface area contributed by atoms with Gasteiger partial charge in [0.2, 0.25) is 5.88 Å². The van der Waals surface area contributed by atoms with Gasteiger partial charge in [-0.15, -0.1) is 0 Å². The number of halogens is 3. The Morgan fingerprint density at radius 2 is 2.07 bits per heavy atom. The van der Waals surface area contributed by atoms with E-state index in [-0.39, 0.29) is 5.88 Å². The summed E-state index contributed by atoms with van der Waals surface area (Å²) in [7, 11) is 1.11. The van der Waals surface area contributed by atoms with Crippen LogP contribution in [-0.2, 0) is 6.18 Å². The summed E-state index contributed by atoms with van der Waals surface area (Å²) in [6.07, 6.45) is -4.62. The molecule has 1 aromatic heterocycles. The second-order valence-electron chi connectivity index (χ2n) is 2.59. The molecule has 0 unspecified atom stereocenters. The number of methoxy groups -OCH3 is 1. The topological polar surface area (TPSA) is 59.4 Å². The summed E-state index contributed by atoms with van der Waals surface area (Å²) in [5.41, 5.74) is -1.81. The van der Waals surface area contributed by atoms with Gasteiger partial charge in [0, 0.05) is 6.07 Å². The lowest BCUT2D eigenvalue weighted by molar-refractivity contribution is -0.137. The Morgan fingerprint density at radius 1 is 1.47 bits per heavy atom. The highest BCUT2D eigenvalue weighted by Crippen LogP contribution is 2.31. The van der Waals surface area contributed by atoms with E-state index in [1.54, 1.807) is 0 Å². The van der Waals surface area contributed by atoms with Crippen molar-refractivity contribution in [2.24, 2.45) is 0 Å². The number of carbonyl (C=O) groups is 1. The van der Waals surface area contributed by atoms with E-state index >= 15 is 0 Å². The van der Waals surface area contributed by atoms with Crippen molar-refractivity contribution < 1.29 is 27.8 Å². The summed E-state index contributed by atoms with van der Waals surface area (Å²) in [6, 6.07) is 1.08. The van der Waals surface area contributed by atoms with Crippen molar-refractivity contribution in [1.29, 1.82) is 0 Å². The van der Waals surface area contributed by atoms with E-state index in [0.717, 1.165) is 7.11 Å². The van der Waals surface area contributed by atoms with E-state index in [2.05, 4.69) is 9.72 Å². The fourth-order valence-corrected chi connectivity index (χ4v) is 0.883. The van der Waals surface area contributed by atoms with Crippen LogP contribution in [0, 0.1) is 0 Å². The highest BCUT2D eigenvalue weighted by molar-refractivity contribution is 5.85. The summed E-state index contributed by atoms with van der Waals surface area (Å²) in [4.78, 5) is 13.8. The fourth-order valence-electron chi connectivity index (χ4n) is 0.883. The van der Waals surface area contributed by atoms with Crippen LogP contribution in [-0.4, -0.2) is 23.2 Å². The summed E-state index contributed by atoms with van der Waals surface area (Å²) in [5.74, 6) is -1.93. The molecule has 0 spiro atoms. The zero-order valence-electron chi connectivity index (χ0n) is 7.50. The van der Waals surface area contributed by atoms with Crippen LogP contribution in [0.15, 0.2) is 12.1 Å². The van der Waals surface area contributed by atoms with Crippen LogP contribution in [0.4, 0.5) is 13.2 Å². The number of aromatic nitrogens is 1. The highest BCUT2D eigenvalue weighted by Gasteiger charge is 2.32. The maximum Gasteiger partial charge on any atom is 0.416 e. The van der Waals surface area contributed by atoms with Crippen molar-refractivity contribution in [3.63, 3.8) is 0 Å². The number of alkyl halides is 3. The molecule has 1 aromatic rings. The van der Waals surface area contributed by atoms with E-state index in [9.17, 15) is 18.0 Å². The number of hydrogen-bond acceptors (Lipinski definition) is 3. The van der Waals surface area contributed by atoms with Gasteiger partial charge in [0.15, 0.2) is 5.69 Å². The minimum absolute atomic E-state index is 0.387. The largest absolute Gasteiger partial charge is 0.481 e. The van der Waals surface area contributed by atoms with Crippen molar-refractivity contribution in [2.45, 2.75) is 6.18 Å². The predicted octanol–water partition coefficient (Wildman–Crippen LogP) is 1.81. The molecule has 1 rings (SSSR count). The quantitative estimate of drug-likeness (QED) is 0.827. The Morgan fingerprint density at radius 3 is 2.47 bits per heavy atom. The van der Waals surface area contributed by atoms with Crippen molar-refractivity contribution in [3.05, 3.63) is 23.4 Å². The molecule has 0 fully saturated rings. The first-order chi connectivity index (χ1) is 6.84. The standard InChI is InChI=1S/C8H6F3NO3/c1-15-6-3-4(8(9,10)11)2-5(12-6)7(13)14/h2-3H,1H3,(H,13,14). The molecule has 0 amide bonds. The van der Waals surface area contributed by atoms with Gasteiger partial charge in [-0.3, -0.25) is 0 Å². The first kappa shape index (κ1) is 11.3. The minimum atomic E-state index is -4.62. The van der Waals surface area contributed by atoms with E-state index in [4.69, 9.17) is 5.11 Å². The van der Waals surface area contributed by atoms with Crippen LogP contribution < -0.4 is 4.74 Å². The van der Waals surface area contributed by atoms with Crippen molar-refractivity contribution in [1.82, 2.24) is 4.98 Å². The second-order valence-corrected chi connectivity index (χ2v) is 2.59. The Labute approximate surface area is 82.3 Å². The van der Waals surface area contributed by atoms with E-state index in [0.29, 0.717) is 12.1 Å². The molecule has 0 saturated heterocycles. The van der Waals surface area contributed by atoms with Crippen LogP contribution in [0.2, 0.25) is 0 Å². The number of aromatic carboxylic acids is 1. The number of hydrogen-bond donors (Lipinski definition) is 1. The van der Waals surface area contributed by atoms with Gasteiger partial charge in [0.05, 0.1) is 12.7 Å². The zero-order valence-corrected chi connectivity index (χ0v) is 7.50. The third-order valence-corrected chi connectivity index (χ3v) is 1.56. The lowest BCUT2D eigenvalue weighted by atomic mass is 10.2. The molecule has 0 aliphatic rings. The van der Waals surface area contributed by atoms with Crippen LogP contribution in [0.1, 0.15) is 16.1 Å².